The number of hydrogen-bond donors (Lipinski definition) is 2. The van der Waals surface area contributed by atoms with Crippen LogP contribution >= 0.6 is 0 Å². The number of aliphatic carboxylic acids is 1. The van der Waals surface area contributed by atoms with Gasteiger partial charge in [0, 0.05) is 6.04 Å². The summed E-state index contributed by atoms with van der Waals surface area (Å²) in [5, 5.41) is 8.83. The molecule has 0 spiro atoms. The van der Waals surface area contributed by atoms with Crippen molar-refractivity contribution in [2.24, 2.45) is 0 Å². The number of ether oxygens (including phenoxy) is 1. The number of carbonyl (C=O) groups is 1. The van der Waals surface area contributed by atoms with E-state index in [1.165, 1.54) is 18.3 Å². The average Bonchev–Trinajstić information content (AvgIpc) is 2.25. The lowest BCUT2D eigenvalue weighted by atomic mass is 10.3. The third kappa shape index (κ3) is 2.96. The van der Waals surface area contributed by atoms with Crippen molar-refractivity contribution in [2.45, 2.75) is 19.9 Å². The standard InChI is InChI=1S/C10H15N3O4/c1-6(2)13(4-7(14)15)9-8(17-3)10(16)12-5-11-9/h5-6H,4H2,1-3H3,(H,14,15)(H,11,12,16). The highest BCUT2D eigenvalue weighted by Gasteiger charge is 2.21. The van der Waals surface area contributed by atoms with E-state index in [1.807, 2.05) is 13.8 Å². The number of rotatable bonds is 5. The van der Waals surface area contributed by atoms with E-state index in [0.717, 1.165) is 0 Å². The summed E-state index contributed by atoms with van der Waals surface area (Å²) in [7, 11) is 1.34. The van der Waals surface area contributed by atoms with Gasteiger partial charge in [0.05, 0.1) is 13.4 Å². The minimum Gasteiger partial charge on any atom is -0.489 e. The number of nitrogens with one attached hydrogen (secondary N) is 1. The second kappa shape index (κ2) is 5.33. The maximum atomic E-state index is 11.5. The van der Waals surface area contributed by atoms with E-state index in [1.54, 1.807) is 0 Å². The lowest BCUT2D eigenvalue weighted by Gasteiger charge is -2.26. The van der Waals surface area contributed by atoms with Gasteiger partial charge in [-0.2, -0.15) is 0 Å². The molecule has 0 fully saturated rings. The van der Waals surface area contributed by atoms with E-state index in [9.17, 15) is 9.59 Å². The Hall–Kier alpha value is -2.05. The van der Waals surface area contributed by atoms with Crippen LogP contribution in [0, 0.1) is 0 Å². The fourth-order valence-corrected chi connectivity index (χ4v) is 1.41. The molecule has 1 heterocycles. The fourth-order valence-electron chi connectivity index (χ4n) is 1.41. The summed E-state index contributed by atoms with van der Waals surface area (Å²) in [6.07, 6.45) is 1.22. The van der Waals surface area contributed by atoms with Crippen LogP contribution in [0.1, 0.15) is 13.8 Å². The average molecular weight is 241 g/mol. The van der Waals surface area contributed by atoms with Gasteiger partial charge in [0.15, 0.2) is 5.82 Å². The molecule has 0 radical (unpaired) electrons. The summed E-state index contributed by atoms with van der Waals surface area (Å²) in [4.78, 5) is 30.1. The Morgan fingerprint density at radius 1 is 1.65 bits per heavy atom. The topological polar surface area (TPSA) is 95.5 Å². The second-order valence-corrected chi connectivity index (χ2v) is 3.70. The summed E-state index contributed by atoms with van der Waals surface area (Å²) < 4.78 is 4.95. The summed E-state index contributed by atoms with van der Waals surface area (Å²) in [6, 6.07) is -0.116. The van der Waals surface area contributed by atoms with Crippen molar-refractivity contribution >= 4 is 11.8 Å². The lowest BCUT2D eigenvalue weighted by Crippen LogP contribution is -2.37. The van der Waals surface area contributed by atoms with Gasteiger partial charge in [0.1, 0.15) is 6.54 Å². The zero-order chi connectivity index (χ0) is 13.0. The molecule has 94 valence electrons. The third-order valence-corrected chi connectivity index (χ3v) is 2.20. The predicted molar refractivity (Wildman–Crippen MR) is 61.5 cm³/mol. The quantitative estimate of drug-likeness (QED) is 0.757. The van der Waals surface area contributed by atoms with E-state index in [0.29, 0.717) is 0 Å². The highest BCUT2D eigenvalue weighted by molar-refractivity contribution is 5.74. The predicted octanol–water partition coefficient (Wildman–Crippen LogP) is 0.0779. The van der Waals surface area contributed by atoms with E-state index < -0.39 is 11.5 Å². The number of anilines is 1. The highest BCUT2D eigenvalue weighted by Crippen LogP contribution is 2.21. The second-order valence-electron chi connectivity index (χ2n) is 3.70. The van der Waals surface area contributed by atoms with Gasteiger partial charge in [0.2, 0.25) is 5.75 Å². The molecule has 0 aliphatic carbocycles. The van der Waals surface area contributed by atoms with Gasteiger partial charge in [-0.3, -0.25) is 9.59 Å². The maximum Gasteiger partial charge on any atom is 0.323 e. The zero-order valence-electron chi connectivity index (χ0n) is 9.93. The summed E-state index contributed by atoms with van der Waals surface area (Å²) >= 11 is 0. The van der Waals surface area contributed by atoms with Crippen LogP contribution in [0.15, 0.2) is 11.1 Å². The van der Waals surface area contributed by atoms with Crippen molar-refractivity contribution in [2.75, 3.05) is 18.6 Å². The molecule has 0 bridgehead atoms. The van der Waals surface area contributed by atoms with Crippen molar-refractivity contribution in [1.82, 2.24) is 9.97 Å². The van der Waals surface area contributed by atoms with E-state index in [-0.39, 0.29) is 24.2 Å². The van der Waals surface area contributed by atoms with Crippen LogP contribution in [0.2, 0.25) is 0 Å². The molecule has 0 aromatic carbocycles. The number of methoxy groups -OCH3 is 1. The largest absolute Gasteiger partial charge is 0.489 e. The van der Waals surface area contributed by atoms with Crippen LogP contribution in [0.25, 0.3) is 0 Å². The van der Waals surface area contributed by atoms with Gasteiger partial charge in [-0.25, -0.2) is 4.98 Å². The minimum absolute atomic E-state index is 0.0162. The minimum atomic E-state index is -0.997. The molecule has 0 aliphatic heterocycles. The molecule has 0 atom stereocenters. The van der Waals surface area contributed by atoms with Crippen LogP contribution in [0.5, 0.6) is 5.75 Å². The number of aromatic amines is 1. The number of hydrogen-bond acceptors (Lipinski definition) is 5. The van der Waals surface area contributed by atoms with E-state index in [2.05, 4.69) is 9.97 Å². The first-order valence-corrected chi connectivity index (χ1v) is 5.07. The van der Waals surface area contributed by atoms with Gasteiger partial charge in [-0.1, -0.05) is 0 Å². The molecule has 0 saturated heterocycles. The van der Waals surface area contributed by atoms with Crippen LogP contribution in [0.3, 0.4) is 0 Å². The molecule has 2 N–H and O–H groups in total. The Kier molecular flexibility index (Phi) is 4.08. The molecule has 1 rings (SSSR count). The van der Waals surface area contributed by atoms with Gasteiger partial charge < -0.3 is 19.7 Å². The summed E-state index contributed by atoms with van der Waals surface area (Å²) in [5.41, 5.74) is -0.437. The Morgan fingerprint density at radius 3 is 2.76 bits per heavy atom. The molecule has 0 saturated carbocycles. The Balaban J connectivity index is 3.22. The molecular weight excluding hydrogens is 226 g/mol. The summed E-state index contributed by atoms with van der Waals surface area (Å²) in [6.45, 7) is 3.38. The third-order valence-electron chi connectivity index (χ3n) is 2.20. The molecule has 1 aromatic heterocycles. The van der Waals surface area contributed by atoms with Gasteiger partial charge >= 0.3 is 5.97 Å². The van der Waals surface area contributed by atoms with Crippen LogP contribution in [-0.2, 0) is 4.79 Å². The van der Waals surface area contributed by atoms with Crippen molar-refractivity contribution < 1.29 is 14.6 Å². The van der Waals surface area contributed by atoms with Gasteiger partial charge in [-0.05, 0) is 13.8 Å². The van der Waals surface area contributed by atoms with Crippen molar-refractivity contribution in [1.29, 1.82) is 0 Å². The fraction of sp³-hybridized carbons (Fsp3) is 0.500. The lowest BCUT2D eigenvalue weighted by molar-refractivity contribution is -0.135. The first-order valence-electron chi connectivity index (χ1n) is 5.07. The molecule has 7 nitrogen and oxygen atoms in total. The number of carboxylic acids is 1. The molecule has 0 amide bonds. The maximum absolute atomic E-state index is 11.5. The number of H-pyrrole nitrogens is 1. The van der Waals surface area contributed by atoms with E-state index in [4.69, 9.17) is 9.84 Å². The molecular formula is C10H15N3O4. The molecule has 7 heteroatoms. The molecule has 0 aliphatic rings. The zero-order valence-corrected chi connectivity index (χ0v) is 9.93. The first-order chi connectivity index (χ1) is 7.97. The van der Waals surface area contributed by atoms with Crippen molar-refractivity contribution in [3.8, 4) is 5.75 Å². The first kappa shape index (κ1) is 13.0. The van der Waals surface area contributed by atoms with E-state index >= 15 is 0 Å². The van der Waals surface area contributed by atoms with Gasteiger partial charge in [0.25, 0.3) is 5.56 Å². The highest BCUT2D eigenvalue weighted by atomic mass is 16.5. The van der Waals surface area contributed by atoms with Crippen LogP contribution in [-0.4, -0.2) is 40.7 Å². The normalized spacial score (nSPS) is 10.4. The van der Waals surface area contributed by atoms with Crippen LogP contribution in [0.4, 0.5) is 5.82 Å². The molecule has 1 aromatic rings. The molecule has 17 heavy (non-hydrogen) atoms. The Labute approximate surface area is 98.1 Å². The monoisotopic (exact) mass is 241 g/mol. The SMILES string of the molecule is COc1c(N(CC(=O)O)C(C)C)nc[nH]c1=O. The smallest absolute Gasteiger partial charge is 0.323 e. The number of nitrogens with zero attached hydrogens (tertiary/aromatic N) is 2. The van der Waals surface area contributed by atoms with Gasteiger partial charge in [-0.15, -0.1) is 0 Å². The number of carboxylic acid groups (broad SMARTS) is 1. The Morgan fingerprint density at radius 2 is 2.29 bits per heavy atom. The van der Waals surface area contributed by atoms with Crippen molar-refractivity contribution in [3.63, 3.8) is 0 Å². The number of aromatic nitrogens is 2. The molecule has 0 unspecified atom stereocenters. The van der Waals surface area contributed by atoms with Crippen LogP contribution < -0.4 is 15.2 Å². The van der Waals surface area contributed by atoms with Crippen molar-refractivity contribution in [3.05, 3.63) is 16.7 Å². The summed E-state index contributed by atoms with van der Waals surface area (Å²) in [5.74, 6) is -0.751. The Bertz CT molecular complexity index is 455.